The minimum absolute atomic E-state index is 0.0933. The number of hydrogen-bond donors (Lipinski definition) is 0. The maximum atomic E-state index is 13.1. The molecule has 0 aliphatic rings. The number of methoxy groups -OCH3 is 1. The van der Waals surface area contributed by atoms with Crippen LogP contribution in [0, 0.1) is 10.1 Å². The van der Waals surface area contributed by atoms with Crippen LogP contribution >= 0.6 is 11.3 Å². The van der Waals surface area contributed by atoms with Crippen molar-refractivity contribution < 1.29 is 23.9 Å². The van der Waals surface area contributed by atoms with Crippen molar-refractivity contribution >= 4 is 22.9 Å². The van der Waals surface area contributed by atoms with Crippen LogP contribution in [0.3, 0.4) is 0 Å². The molecular formula is C22H23N3O6S. The first-order valence-electron chi connectivity index (χ1n) is 9.77. The molecule has 1 heterocycles. The van der Waals surface area contributed by atoms with Crippen molar-refractivity contribution in [1.29, 1.82) is 0 Å². The van der Waals surface area contributed by atoms with Gasteiger partial charge < -0.3 is 19.1 Å². The van der Waals surface area contributed by atoms with Gasteiger partial charge in [-0.05, 0) is 13.0 Å². The van der Waals surface area contributed by atoms with Gasteiger partial charge in [-0.2, -0.15) is 0 Å². The monoisotopic (exact) mass is 457 g/mol. The number of carbonyl (C=O) groups is 1. The molecule has 0 aliphatic heterocycles. The van der Waals surface area contributed by atoms with E-state index in [9.17, 15) is 14.9 Å². The predicted molar refractivity (Wildman–Crippen MR) is 120 cm³/mol. The number of aromatic nitrogens is 1. The van der Waals surface area contributed by atoms with E-state index in [4.69, 9.17) is 14.2 Å². The second kappa shape index (κ2) is 10.6. The Morgan fingerprint density at radius 1 is 1.19 bits per heavy atom. The lowest BCUT2D eigenvalue weighted by molar-refractivity contribution is -0.385. The number of para-hydroxylation sites is 1. The number of nitro groups is 1. The molecule has 0 saturated carbocycles. The highest BCUT2D eigenvalue weighted by atomic mass is 32.1. The third-order valence-corrected chi connectivity index (χ3v) is 5.23. The van der Waals surface area contributed by atoms with E-state index in [0.29, 0.717) is 18.1 Å². The van der Waals surface area contributed by atoms with Gasteiger partial charge in [0.05, 0.1) is 35.9 Å². The highest BCUT2D eigenvalue weighted by molar-refractivity contribution is 7.07. The Labute approximate surface area is 189 Å². The quantitative estimate of drug-likeness (QED) is 0.330. The molecule has 0 spiro atoms. The Balaban J connectivity index is 1.88. The van der Waals surface area contributed by atoms with E-state index in [1.807, 2.05) is 36.6 Å². The van der Waals surface area contributed by atoms with Crippen molar-refractivity contribution in [1.82, 2.24) is 9.88 Å². The summed E-state index contributed by atoms with van der Waals surface area (Å²) in [6, 6.07) is 9.89. The van der Waals surface area contributed by atoms with Gasteiger partial charge in [0.15, 0.2) is 11.5 Å². The molecule has 0 unspecified atom stereocenters. The van der Waals surface area contributed by atoms with Crippen LogP contribution in [0.25, 0.3) is 0 Å². The summed E-state index contributed by atoms with van der Waals surface area (Å²) in [5.74, 6) is 0.519. The van der Waals surface area contributed by atoms with Gasteiger partial charge in [0, 0.05) is 30.6 Å². The third-order valence-electron chi connectivity index (χ3n) is 4.59. The zero-order valence-electron chi connectivity index (χ0n) is 17.9. The first kappa shape index (κ1) is 23.0. The number of hydrogen-bond acceptors (Lipinski definition) is 8. The van der Waals surface area contributed by atoms with Crippen LogP contribution in [0.4, 0.5) is 5.69 Å². The van der Waals surface area contributed by atoms with Gasteiger partial charge in [0.25, 0.3) is 11.6 Å². The number of nitrogens with zero attached hydrogens (tertiary/aromatic N) is 3. The lowest BCUT2D eigenvalue weighted by atomic mass is 10.1. The standard InChI is InChI=1S/C22H23N3O6S/c1-4-30-19-8-6-5-7-15(19)11-24(2)22(26)17-9-20(29-3)21(10-18(17)25(27)28)31-12-16-13-32-14-23-16/h5-10,13-14H,4,11-12H2,1-3H3. The lowest BCUT2D eigenvalue weighted by Crippen LogP contribution is -2.27. The Kier molecular flexibility index (Phi) is 7.61. The molecule has 0 aliphatic carbocycles. The summed E-state index contributed by atoms with van der Waals surface area (Å²) >= 11 is 1.42. The smallest absolute Gasteiger partial charge is 0.286 e. The first-order valence-corrected chi connectivity index (χ1v) is 10.7. The summed E-state index contributed by atoms with van der Waals surface area (Å²) in [6.07, 6.45) is 0. The number of nitro benzene ring substituents is 1. The minimum atomic E-state index is -0.607. The molecule has 0 N–H and O–H groups in total. The second-order valence-corrected chi connectivity index (χ2v) is 7.47. The van der Waals surface area contributed by atoms with E-state index in [2.05, 4.69) is 4.98 Å². The highest BCUT2D eigenvalue weighted by Gasteiger charge is 2.27. The number of amides is 1. The molecule has 9 nitrogen and oxygen atoms in total. The van der Waals surface area contributed by atoms with Crippen molar-refractivity contribution in [2.75, 3.05) is 20.8 Å². The summed E-state index contributed by atoms with van der Waals surface area (Å²) in [5.41, 5.74) is 2.69. The summed E-state index contributed by atoms with van der Waals surface area (Å²) in [5, 5.41) is 13.6. The van der Waals surface area contributed by atoms with Crippen LogP contribution < -0.4 is 14.2 Å². The third kappa shape index (κ3) is 5.33. The topological polar surface area (TPSA) is 104 Å². The minimum Gasteiger partial charge on any atom is -0.494 e. The van der Waals surface area contributed by atoms with Crippen LogP contribution in [-0.2, 0) is 13.2 Å². The molecule has 0 bridgehead atoms. The molecule has 1 aromatic heterocycles. The van der Waals surface area contributed by atoms with E-state index in [0.717, 1.165) is 5.56 Å². The van der Waals surface area contributed by atoms with Gasteiger partial charge in [-0.1, -0.05) is 18.2 Å². The molecule has 0 fully saturated rings. The molecule has 0 atom stereocenters. The Hall–Kier alpha value is -3.66. The van der Waals surface area contributed by atoms with Crippen molar-refractivity contribution in [2.45, 2.75) is 20.1 Å². The van der Waals surface area contributed by atoms with E-state index < -0.39 is 10.8 Å². The number of rotatable bonds is 10. The average Bonchev–Trinajstić information content (AvgIpc) is 3.31. The van der Waals surface area contributed by atoms with Gasteiger partial charge in [-0.3, -0.25) is 14.9 Å². The maximum Gasteiger partial charge on any atom is 0.286 e. The zero-order chi connectivity index (χ0) is 23.1. The van der Waals surface area contributed by atoms with E-state index >= 15 is 0 Å². The molecule has 3 aromatic rings. The lowest BCUT2D eigenvalue weighted by Gasteiger charge is -2.20. The fraction of sp³-hybridized carbons (Fsp3) is 0.273. The second-order valence-electron chi connectivity index (χ2n) is 6.75. The van der Waals surface area contributed by atoms with Crippen molar-refractivity contribution in [3.63, 3.8) is 0 Å². The van der Waals surface area contributed by atoms with Crippen LogP contribution in [-0.4, -0.2) is 41.5 Å². The number of carbonyl (C=O) groups excluding carboxylic acids is 1. The Morgan fingerprint density at radius 3 is 2.62 bits per heavy atom. The van der Waals surface area contributed by atoms with Crippen molar-refractivity contribution in [3.8, 4) is 17.2 Å². The molecule has 0 radical (unpaired) electrons. The van der Waals surface area contributed by atoms with Crippen LogP contribution in [0.5, 0.6) is 17.2 Å². The number of benzene rings is 2. The maximum absolute atomic E-state index is 13.1. The SMILES string of the molecule is CCOc1ccccc1CN(C)C(=O)c1cc(OC)c(OCc2cscn2)cc1[N+](=O)[O-]. The molecule has 2 aromatic carbocycles. The van der Waals surface area contributed by atoms with Gasteiger partial charge in [-0.25, -0.2) is 4.98 Å². The summed E-state index contributed by atoms with van der Waals surface area (Å²) in [4.78, 5) is 29.8. The molecular weight excluding hydrogens is 434 g/mol. The molecule has 0 saturated heterocycles. The predicted octanol–water partition coefficient (Wildman–Crippen LogP) is 4.31. The molecule has 1 amide bonds. The van der Waals surface area contributed by atoms with Crippen molar-refractivity contribution in [2.24, 2.45) is 0 Å². The van der Waals surface area contributed by atoms with Gasteiger partial charge >= 0.3 is 0 Å². The van der Waals surface area contributed by atoms with E-state index in [1.54, 1.807) is 12.6 Å². The zero-order valence-corrected chi connectivity index (χ0v) is 18.8. The average molecular weight is 458 g/mol. The summed E-state index contributed by atoms with van der Waals surface area (Å²) in [7, 11) is 2.99. The van der Waals surface area contributed by atoms with Gasteiger partial charge in [0.1, 0.15) is 17.9 Å². The molecule has 10 heteroatoms. The van der Waals surface area contributed by atoms with Gasteiger partial charge in [0.2, 0.25) is 0 Å². The van der Waals surface area contributed by atoms with Crippen LogP contribution in [0.2, 0.25) is 0 Å². The first-order chi connectivity index (χ1) is 15.4. The molecule has 168 valence electrons. The van der Waals surface area contributed by atoms with Gasteiger partial charge in [-0.15, -0.1) is 11.3 Å². The van der Waals surface area contributed by atoms with E-state index in [-0.39, 0.29) is 35.9 Å². The highest BCUT2D eigenvalue weighted by Crippen LogP contribution is 2.36. The van der Waals surface area contributed by atoms with E-state index in [1.165, 1.54) is 35.5 Å². The molecule has 32 heavy (non-hydrogen) atoms. The van der Waals surface area contributed by atoms with Crippen LogP contribution in [0.15, 0.2) is 47.3 Å². The number of thiazole rings is 1. The largest absolute Gasteiger partial charge is 0.494 e. The Bertz CT molecular complexity index is 1090. The normalized spacial score (nSPS) is 10.5. The van der Waals surface area contributed by atoms with Crippen molar-refractivity contribution in [3.05, 3.63) is 74.2 Å². The summed E-state index contributed by atoms with van der Waals surface area (Å²) in [6.45, 7) is 2.70. The fourth-order valence-electron chi connectivity index (χ4n) is 3.07. The fourth-order valence-corrected chi connectivity index (χ4v) is 3.61. The Morgan fingerprint density at radius 2 is 1.97 bits per heavy atom. The molecule has 3 rings (SSSR count). The number of ether oxygens (including phenoxy) is 3. The summed E-state index contributed by atoms with van der Waals surface area (Å²) < 4.78 is 16.6. The van der Waals surface area contributed by atoms with Crippen LogP contribution in [0.1, 0.15) is 28.5 Å².